The molecule has 1 aliphatic heterocycles. The second-order valence-corrected chi connectivity index (χ2v) is 4.94. The van der Waals surface area contributed by atoms with Crippen molar-refractivity contribution in [2.45, 2.75) is 13.0 Å². The number of hydrogen-bond donors (Lipinski definition) is 1. The number of benzene rings is 1. The van der Waals surface area contributed by atoms with E-state index in [4.69, 9.17) is 21.4 Å². The highest BCUT2D eigenvalue weighted by molar-refractivity contribution is 6.33. The van der Waals surface area contributed by atoms with Crippen LogP contribution < -0.4 is 0 Å². The van der Waals surface area contributed by atoms with Crippen LogP contribution >= 0.6 is 11.6 Å². The summed E-state index contributed by atoms with van der Waals surface area (Å²) in [6, 6.07) is 2.45. The van der Waals surface area contributed by atoms with E-state index in [0.717, 1.165) is 6.07 Å². The van der Waals surface area contributed by atoms with Crippen molar-refractivity contribution in [2.75, 3.05) is 19.7 Å². The predicted molar refractivity (Wildman–Crippen MR) is 69.4 cm³/mol. The lowest BCUT2D eigenvalue weighted by Gasteiger charge is -2.31. The van der Waals surface area contributed by atoms with Crippen LogP contribution in [0.15, 0.2) is 12.1 Å². The summed E-state index contributed by atoms with van der Waals surface area (Å²) in [6.45, 7) is 1.89. The maximum absolute atomic E-state index is 13.3. The first-order chi connectivity index (χ1) is 9.40. The van der Waals surface area contributed by atoms with Crippen molar-refractivity contribution >= 4 is 23.5 Å². The molecule has 1 aromatic rings. The minimum absolute atomic E-state index is 0.0106. The molecule has 1 saturated heterocycles. The third kappa shape index (κ3) is 2.91. The number of nitrogens with zero attached hydrogens (tertiary/aromatic N) is 1. The highest BCUT2D eigenvalue weighted by Gasteiger charge is 2.30. The zero-order valence-corrected chi connectivity index (χ0v) is 11.5. The first-order valence-corrected chi connectivity index (χ1v) is 6.37. The van der Waals surface area contributed by atoms with Crippen molar-refractivity contribution in [3.8, 4) is 0 Å². The number of amides is 1. The van der Waals surface area contributed by atoms with Gasteiger partial charge in [0.05, 0.1) is 23.7 Å². The summed E-state index contributed by atoms with van der Waals surface area (Å²) in [4.78, 5) is 24.6. The van der Waals surface area contributed by atoms with Gasteiger partial charge in [-0.15, -0.1) is 0 Å². The maximum Gasteiger partial charge on any atom is 0.334 e. The second-order valence-electron chi connectivity index (χ2n) is 4.53. The number of aryl methyl sites for hydroxylation is 1. The Hall–Kier alpha value is -1.66. The highest BCUT2D eigenvalue weighted by Crippen LogP contribution is 2.22. The number of carbonyl (C=O) groups is 2. The van der Waals surface area contributed by atoms with Crippen LogP contribution in [0, 0.1) is 12.7 Å². The molecular weight excluding hydrogens is 289 g/mol. The molecule has 108 valence electrons. The number of ether oxygens (including phenoxy) is 1. The fraction of sp³-hybridized carbons (Fsp3) is 0.385. The largest absolute Gasteiger partial charge is 0.479 e. The lowest BCUT2D eigenvalue weighted by Crippen LogP contribution is -2.48. The van der Waals surface area contributed by atoms with Gasteiger partial charge in [0.25, 0.3) is 5.91 Å². The van der Waals surface area contributed by atoms with Crippen LogP contribution in [0.2, 0.25) is 5.02 Å². The monoisotopic (exact) mass is 301 g/mol. The summed E-state index contributed by atoms with van der Waals surface area (Å²) in [7, 11) is 0. The third-order valence-electron chi connectivity index (χ3n) is 3.11. The number of hydrogen-bond acceptors (Lipinski definition) is 3. The Kier molecular flexibility index (Phi) is 4.25. The Morgan fingerprint density at radius 2 is 2.20 bits per heavy atom. The van der Waals surface area contributed by atoms with E-state index in [2.05, 4.69) is 0 Å². The van der Waals surface area contributed by atoms with Crippen molar-refractivity contribution in [3.63, 3.8) is 0 Å². The molecule has 0 aromatic heterocycles. The number of morpholine rings is 1. The second kappa shape index (κ2) is 5.76. The van der Waals surface area contributed by atoms with Gasteiger partial charge in [-0.1, -0.05) is 11.6 Å². The fourth-order valence-electron chi connectivity index (χ4n) is 1.97. The van der Waals surface area contributed by atoms with Crippen LogP contribution in [0.1, 0.15) is 15.9 Å². The van der Waals surface area contributed by atoms with Gasteiger partial charge in [-0.2, -0.15) is 0 Å². The lowest BCUT2D eigenvalue weighted by molar-refractivity contribution is -0.154. The Balaban J connectivity index is 2.23. The number of aliphatic carboxylic acids is 1. The number of carboxylic acid groups (broad SMARTS) is 1. The van der Waals surface area contributed by atoms with Crippen LogP contribution in [-0.4, -0.2) is 47.7 Å². The molecule has 1 atom stereocenters. The van der Waals surface area contributed by atoms with Gasteiger partial charge >= 0.3 is 5.97 Å². The van der Waals surface area contributed by atoms with Crippen LogP contribution in [0.4, 0.5) is 4.39 Å². The van der Waals surface area contributed by atoms with E-state index >= 15 is 0 Å². The summed E-state index contributed by atoms with van der Waals surface area (Å²) >= 11 is 5.88. The molecule has 1 heterocycles. The van der Waals surface area contributed by atoms with Gasteiger partial charge in [-0.25, -0.2) is 9.18 Å². The van der Waals surface area contributed by atoms with Crippen molar-refractivity contribution in [1.29, 1.82) is 0 Å². The Labute approximate surface area is 119 Å². The van der Waals surface area contributed by atoms with Crippen molar-refractivity contribution in [3.05, 3.63) is 34.1 Å². The minimum Gasteiger partial charge on any atom is -0.479 e. The zero-order valence-electron chi connectivity index (χ0n) is 10.7. The van der Waals surface area contributed by atoms with Gasteiger partial charge in [0.1, 0.15) is 5.82 Å². The van der Waals surface area contributed by atoms with Gasteiger partial charge < -0.3 is 14.7 Å². The number of rotatable bonds is 2. The molecule has 20 heavy (non-hydrogen) atoms. The molecule has 1 aliphatic rings. The van der Waals surface area contributed by atoms with Gasteiger partial charge in [0.15, 0.2) is 6.10 Å². The molecule has 1 fully saturated rings. The average Bonchev–Trinajstić information content (AvgIpc) is 2.42. The van der Waals surface area contributed by atoms with E-state index in [1.807, 2.05) is 0 Å². The first kappa shape index (κ1) is 14.7. The molecule has 0 unspecified atom stereocenters. The number of carbonyl (C=O) groups excluding carboxylic acids is 1. The summed E-state index contributed by atoms with van der Waals surface area (Å²) < 4.78 is 18.4. The van der Waals surface area contributed by atoms with E-state index in [0.29, 0.717) is 5.56 Å². The SMILES string of the molecule is Cc1cc(C(=O)N2CCO[C@H](C(=O)O)C2)c(Cl)cc1F. The van der Waals surface area contributed by atoms with Crippen LogP contribution in [-0.2, 0) is 9.53 Å². The van der Waals surface area contributed by atoms with E-state index in [1.54, 1.807) is 0 Å². The lowest BCUT2D eigenvalue weighted by atomic mass is 10.1. The Bertz CT molecular complexity index is 564. The van der Waals surface area contributed by atoms with Gasteiger partial charge in [-0.05, 0) is 24.6 Å². The molecule has 1 amide bonds. The molecule has 7 heteroatoms. The third-order valence-corrected chi connectivity index (χ3v) is 3.42. The van der Waals surface area contributed by atoms with Crippen LogP contribution in [0.3, 0.4) is 0 Å². The molecular formula is C13H13ClFNO4. The minimum atomic E-state index is -1.12. The topological polar surface area (TPSA) is 66.8 Å². The summed E-state index contributed by atoms with van der Waals surface area (Å²) in [5.74, 6) is -2.03. The molecule has 0 saturated carbocycles. The zero-order chi connectivity index (χ0) is 14.9. The van der Waals surface area contributed by atoms with Crippen LogP contribution in [0.5, 0.6) is 0 Å². The number of carboxylic acids is 1. The van der Waals surface area contributed by atoms with Crippen molar-refractivity contribution in [1.82, 2.24) is 4.90 Å². The Morgan fingerprint density at radius 1 is 1.50 bits per heavy atom. The summed E-state index contributed by atoms with van der Waals surface area (Å²) in [5.41, 5.74) is 0.470. The summed E-state index contributed by atoms with van der Waals surface area (Å²) in [6.07, 6.45) is -1.05. The molecule has 0 bridgehead atoms. The van der Waals surface area contributed by atoms with Gasteiger partial charge in [-0.3, -0.25) is 4.79 Å². The van der Waals surface area contributed by atoms with E-state index in [1.165, 1.54) is 17.9 Å². The maximum atomic E-state index is 13.3. The van der Waals surface area contributed by atoms with Crippen molar-refractivity contribution in [2.24, 2.45) is 0 Å². The predicted octanol–water partition coefficient (Wildman–Crippen LogP) is 1.71. The number of halogens is 2. The standard InChI is InChI=1S/C13H13ClFNO4/c1-7-4-8(9(14)5-10(7)15)12(17)16-2-3-20-11(6-16)13(18)19/h4-5,11H,2-3,6H2,1H3,(H,18,19)/t11-/m0/s1. The van der Waals surface area contributed by atoms with Crippen molar-refractivity contribution < 1.29 is 23.8 Å². The first-order valence-electron chi connectivity index (χ1n) is 5.99. The average molecular weight is 302 g/mol. The smallest absolute Gasteiger partial charge is 0.334 e. The Morgan fingerprint density at radius 3 is 2.85 bits per heavy atom. The highest BCUT2D eigenvalue weighted by atomic mass is 35.5. The molecule has 1 aromatic carbocycles. The molecule has 5 nitrogen and oxygen atoms in total. The molecule has 0 radical (unpaired) electrons. The quantitative estimate of drug-likeness (QED) is 0.903. The summed E-state index contributed by atoms with van der Waals surface area (Å²) in [5, 5.41) is 8.92. The van der Waals surface area contributed by atoms with E-state index in [9.17, 15) is 14.0 Å². The molecule has 0 aliphatic carbocycles. The van der Waals surface area contributed by atoms with E-state index < -0.39 is 23.8 Å². The normalized spacial score (nSPS) is 18.9. The van der Waals surface area contributed by atoms with Gasteiger partial charge in [0, 0.05) is 6.54 Å². The van der Waals surface area contributed by atoms with E-state index in [-0.39, 0.29) is 30.3 Å². The molecule has 1 N–H and O–H groups in total. The van der Waals surface area contributed by atoms with Crippen LogP contribution in [0.25, 0.3) is 0 Å². The molecule has 2 rings (SSSR count). The molecule has 0 spiro atoms. The fourth-order valence-corrected chi connectivity index (χ4v) is 2.21. The van der Waals surface area contributed by atoms with Gasteiger partial charge in [0.2, 0.25) is 0 Å².